The summed E-state index contributed by atoms with van der Waals surface area (Å²) in [5.74, 6) is -1.33. The van der Waals surface area contributed by atoms with Gasteiger partial charge in [0.1, 0.15) is 5.69 Å². The lowest BCUT2D eigenvalue weighted by atomic mass is 10.2. The van der Waals surface area contributed by atoms with Crippen molar-refractivity contribution in [2.75, 3.05) is 13.7 Å². The van der Waals surface area contributed by atoms with Gasteiger partial charge in [0, 0.05) is 19.9 Å². The third-order valence-corrected chi connectivity index (χ3v) is 2.34. The smallest absolute Gasteiger partial charge is 0.306 e. The Balaban J connectivity index is 2.44. The second-order valence-electron chi connectivity index (χ2n) is 3.40. The van der Waals surface area contributed by atoms with E-state index < -0.39 is 12.1 Å². The fourth-order valence-corrected chi connectivity index (χ4v) is 1.40. The predicted molar refractivity (Wildman–Crippen MR) is 61.2 cm³/mol. The molecule has 0 bridgehead atoms. The van der Waals surface area contributed by atoms with Gasteiger partial charge in [-0.1, -0.05) is 11.6 Å². The van der Waals surface area contributed by atoms with Gasteiger partial charge in [0.05, 0.1) is 17.5 Å². The minimum Gasteiger partial charge on any atom is -0.481 e. The molecule has 0 aromatic carbocycles. The third-order valence-electron chi connectivity index (χ3n) is 2.12. The van der Waals surface area contributed by atoms with Crippen molar-refractivity contribution >= 4 is 23.5 Å². The molecule has 1 unspecified atom stereocenters. The Hall–Kier alpha value is -1.53. The van der Waals surface area contributed by atoms with Gasteiger partial charge in [-0.25, -0.2) is 0 Å². The number of hydrogen-bond acceptors (Lipinski definition) is 3. The van der Waals surface area contributed by atoms with Crippen molar-refractivity contribution in [1.82, 2.24) is 10.3 Å². The van der Waals surface area contributed by atoms with E-state index in [0.29, 0.717) is 10.7 Å². The van der Waals surface area contributed by atoms with E-state index in [-0.39, 0.29) is 18.9 Å². The first-order chi connectivity index (χ1) is 8.02. The summed E-state index contributed by atoms with van der Waals surface area (Å²) >= 11 is 5.65. The average Bonchev–Trinajstić information content (AvgIpc) is 2.70. The van der Waals surface area contributed by atoms with Crippen LogP contribution in [0.5, 0.6) is 0 Å². The van der Waals surface area contributed by atoms with Crippen molar-refractivity contribution in [1.29, 1.82) is 0 Å². The topological polar surface area (TPSA) is 91.4 Å². The van der Waals surface area contributed by atoms with Crippen LogP contribution in [-0.2, 0) is 9.53 Å². The number of nitrogens with one attached hydrogen (secondary N) is 2. The summed E-state index contributed by atoms with van der Waals surface area (Å²) in [6.45, 7) is 0.123. The number of amides is 1. The Morgan fingerprint density at radius 3 is 2.82 bits per heavy atom. The Labute approximate surface area is 103 Å². The van der Waals surface area contributed by atoms with Gasteiger partial charge in [-0.15, -0.1) is 0 Å². The number of carbonyl (C=O) groups excluding carboxylic acids is 1. The molecule has 1 rings (SSSR count). The number of hydrogen-bond donors (Lipinski definition) is 3. The number of halogens is 1. The first kappa shape index (κ1) is 13.5. The molecule has 7 heteroatoms. The molecule has 0 aliphatic heterocycles. The highest BCUT2D eigenvalue weighted by atomic mass is 35.5. The van der Waals surface area contributed by atoms with E-state index in [9.17, 15) is 9.59 Å². The number of H-pyrrole nitrogens is 1. The normalized spacial score (nSPS) is 12.1. The van der Waals surface area contributed by atoms with E-state index >= 15 is 0 Å². The molecule has 0 aliphatic carbocycles. The Morgan fingerprint density at radius 2 is 2.35 bits per heavy atom. The van der Waals surface area contributed by atoms with Crippen LogP contribution in [0.4, 0.5) is 0 Å². The number of carboxylic acid groups (broad SMARTS) is 1. The highest BCUT2D eigenvalue weighted by Gasteiger charge is 2.14. The molecule has 1 atom stereocenters. The molecule has 94 valence electrons. The van der Waals surface area contributed by atoms with E-state index in [1.165, 1.54) is 19.4 Å². The molecule has 3 N–H and O–H groups in total. The van der Waals surface area contributed by atoms with Gasteiger partial charge in [0.25, 0.3) is 5.91 Å². The third kappa shape index (κ3) is 4.46. The van der Waals surface area contributed by atoms with E-state index in [2.05, 4.69) is 10.3 Å². The van der Waals surface area contributed by atoms with Gasteiger partial charge in [-0.3, -0.25) is 9.59 Å². The van der Waals surface area contributed by atoms with Crippen LogP contribution in [0.1, 0.15) is 16.9 Å². The zero-order valence-electron chi connectivity index (χ0n) is 9.20. The number of ether oxygens (including phenoxy) is 1. The van der Waals surface area contributed by atoms with Crippen LogP contribution in [0.25, 0.3) is 0 Å². The van der Waals surface area contributed by atoms with Crippen molar-refractivity contribution in [3.8, 4) is 0 Å². The molecule has 1 amide bonds. The standard InChI is InChI=1S/C10H13ClN2O4/c1-17-7(3-9(14)15)5-13-10(16)8-2-6(11)4-12-8/h2,4,7,12H,3,5H2,1H3,(H,13,16)(H,14,15). The summed E-state index contributed by atoms with van der Waals surface area (Å²) in [6.07, 6.45) is 0.769. The highest BCUT2D eigenvalue weighted by Crippen LogP contribution is 2.09. The maximum absolute atomic E-state index is 11.6. The van der Waals surface area contributed by atoms with Crippen molar-refractivity contribution in [3.63, 3.8) is 0 Å². The summed E-state index contributed by atoms with van der Waals surface area (Å²) in [6, 6.07) is 1.48. The maximum Gasteiger partial charge on any atom is 0.306 e. The van der Waals surface area contributed by atoms with Crippen LogP contribution in [0.2, 0.25) is 5.02 Å². The van der Waals surface area contributed by atoms with Crippen LogP contribution in [0, 0.1) is 0 Å². The van der Waals surface area contributed by atoms with Gasteiger partial charge < -0.3 is 20.1 Å². The number of rotatable bonds is 6. The molecule has 1 aromatic rings. The lowest BCUT2D eigenvalue weighted by molar-refractivity contribution is -0.139. The first-order valence-electron chi connectivity index (χ1n) is 4.89. The number of aliphatic carboxylic acids is 1. The Kier molecular flexibility index (Phi) is 4.99. The molecule has 1 aromatic heterocycles. The lowest BCUT2D eigenvalue weighted by Crippen LogP contribution is -2.34. The van der Waals surface area contributed by atoms with E-state index in [0.717, 1.165) is 0 Å². The number of aromatic amines is 1. The van der Waals surface area contributed by atoms with Gasteiger partial charge in [-0.05, 0) is 6.07 Å². The molecule has 0 fully saturated rings. The van der Waals surface area contributed by atoms with Crippen LogP contribution in [0.15, 0.2) is 12.3 Å². The van der Waals surface area contributed by atoms with E-state index in [1.807, 2.05) is 0 Å². The van der Waals surface area contributed by atoms with Crippen LogP contribution < -0.4 is 5.32 Å². The van der Waals surface area contributed by atoms with Crippen LogP contribution in [0.3, 0.4) is 0 Å². The second-order valence-corrected chi connectivity index (χ2v) is 3.83. The van der Waals surface area contributed by atoms with Gasteiger partial charge in [-0.2, -0.15) is 0 Å². The van der Waals surface area contributed by atoms with E-state index in [4.69, 9.17) is 21.4 Å². The Bertz CT molecular complexity index is 405. The molecule has 0 radical (unpaired) electrons. The molecule has 1 heterocycles. The molecule has 17 heavy (non-hydrogen) atoms. The molecule has 6 nitrogen and oxygen atoms in total. The fourth-order valence-electron chi connectivity index (χ4n) is 1.23. The fraction of sp³-hybridized carbons (Fsp3) is 0.400. The van der Waals surface area contributed by atoms with Gasteiger partial charge in [0.2, 0.25) is 0 Å². The molecular weight excluding hydrogens is 248 g/mol. The number of carbonyl (C=O) groups is 2. The first-order valence-corrected chi connectivity index (χ1v) is 5.27. The van der Waals surface area contributed by atoms with Crippen molar-refractivity contribution in [2.24, 2.45) is 0 Å². The van der Waals surface area contributed by atoms with Gasteiger partial charge in [0.15, 0.2) is 0 Å². The lowest BCUT2D eigenvalue weighted by Gasteiger charge is -2.13. The van der Waals surface area contributed by atoms with Crippen molar-refractivity contribution < 1.29 is 19.4 Å². The predicted octanol–water partition coefficient (Wildman–Crippen LogP) is 0.888. The summed E-state index contributed by atoms with van der Waals surface area (Å²) < 4.78 is 4.92. The van der Waals surface area contributed by atoms with E-state index in [1.54, 1.807) is 0 Å². The van der Waals surface area contributed by atoms with Crippen LogP contribution >= 0.6 is 11.6 Å². The zero-order valence-corrected chi connectivity index (χ0v) is 9.95. The number of methoxy groups -OCH3 is 1. The largest absolute Gasteiger partial charge is 0.481 e. The molecule has 0 saturated carbocycles. The Morgan fingerprint density at radius 1 is 1.65 bits per heavy atom. The number of carboxylic acids is 1. The van der Waals surface area contributed by atoms with Crippen molar-refractivity contribution in [2.45, 2.75) is 12.5 Å². The zero-order chi connectivity index (χ0) is 12.8. The molecule has 0 aliphatic rings. The SMILES string of the molecule is COC(CNC(=O)c1cc(Cl)c[nH]1)CC(=O)O. The minimum atomic E-state index is -0.978. The average molecular weight is 261 g/mol. The minimum absolute atomic E-state index is 0.123. The van der Waals surface area contributed by atoms with Crippen molar-refractivity contribution in [3.05, 3.63) is 23.0 Å². The molecule has 0 saturated heterocycles. The monoisotopic (exact) mass is 260 g/mol. The number of aromatic nitrogens is 1. The molecule has 0 spiro atoms. The maximum atomic E-state index is 11.6. The highest BCUT2D eigenvalue weighted by molar-refractivity contribution is 6.30. The summed E-state index contributed by atoms with van der Waals surface area (Å²) in [4.78, 5) is 24.7. The summed E-state index contributed by atoms with van der Waals surface area (Å²) in [7, 11) is 1.39. The van der Waals surface area contributed by atoms with Gasteiger partial charge >= 0.3 is 5.97 Å². The second kappa shape index (κ2) is 6.27. The summed E-state index contributed by atoms with van der Waals surface area (Å²) in [5, 5.41) is 11.6. The van der Waals surface area contributed by atoms with Crippen LogP contribution in [-0.4, -0.2) is 41.7 Å². The molecular formula is C10H13ClN2O4. The summed E-state index contributed by atoms with van der Waals surface area (Å²) in [5.41, 5.74) is 0.320. The quantitative estimate of drug-likeness (QED) is 0.708.